The predicted octanol–water partition coefficient (Wildman–Crippen LogP) is 2.50. The van der Waals surface area contributed by atoms with Crippen molar-refractivity contribution in [1.29, 1.82) is 0 Å². The van der Waals surface area contributed by atoms with Crippen LogP contribution < -0.4 is 0 Å². The maximum atomic E-state index is 12.4. The van der Waals surface area contributed by atoms with E-state index < -0.39 is 11.7 Å². The number of ether oxygens (including phenoxy) is 1. The first kappa shape index (κ1) is 16.1. The molecule has 0 bridgehead atoms. The largest absolute Gasteiger partial charge is 0.444 e. The number of hydrogen-bond acceptors (Lipinski definition) is 3. The second-order valence-electron chi connectivity index (χ2n) is 8.22. The van der Waals surface area contributed by atoms with Crippen LogP contribution in [0.5, 0.6) is 0 Å². The number of rotatable bonds is 2. The molecule has 2 rings (SSSR count). The highest BCUT2D eigenvalue weighted by molar-refractivity contribution is 5.83. The van der Waals surface area contributed by atoms with Gasteiger partial charge in [-0.3, -0.25) is 9.69 Å². The lowest BCUT2D eigenvalue weighted by molar-refractivity contribution is -0.131. The Kier molecular flexibility index (Phi) is 4.22. The first-order valence-corrected chi connectivity index (χ1v) is 7.81. The molecule has 0 atom stereocenters. The number of hydrogen-bond donors (Lipinski definition) is 0. The maximum Gasteiger partial charge on any atom is 0.410 e. The van der Waals surface area contributed by atoms with Crippen molar-refractivity contribution in [3.05, 3.63) is 0 Å². The van der Waals surface area contributed by atoms with Crippen molar-refractivity contribution in [2.75, 3.05) is 26.2 Å². The smallest absolute Gasteiger partial charge is 0.410 e. The molecule has 0 aromatic heterocycles. The molecule has 0 aromatic carbocycles. The summed E-state index contributed by atoms with van der Waals surface area (Å²) in [5.74, 6) is 0.705. The molecular weight excluding hydrogens is 268 g/mol. The molecule has 0 radical (unpaired) electrons. The first-order valence-electron chi connectivity index (χ1n) is 7.81. The van der Waals surface area contributed by atoms with E-state index in [9.17, 15) is 9.59 Å². The lowest BCUT2D eigenvalue weighted by atomic mass is 9.92. The van der Waals surface area contributed by atoms with Gasteiger partial charge in [0.2, 0.25) is 5.91 Å². The van der Waals surface area contributed by atoms with Gasteiger partial charge in [0.1, 0.15) is 12.1 Å². The van der Waals surface area contributed by atoms with Gasteiger partial charge < -0.3 is 9.64 Å². The summed E-state index contributed by atoms with van der Waals surface area (Å²) in [7, 11) is 0. The fourth-order valence-electron chi connectivity index (χ4n) is 2.72. The Balaban J connectivity index is 2.06. The van der Waals surface area contributed by atoms with Gasteiger partial charge in [-0.05, 0) is 39.5 Å². The second-order valence-corrected chi connectivity index (χ2v) is 8.22. The highest BCUT2D eigenvalue weighted by Crippen LogP contribution is 2.32. The highest BCUT2D eigenvalue weighted by atomic mass is 16.6. The second kappa shape index (κ2) is 5.50. The van der Waals surface area contributed by atoms with Crippen LogP contribution in [0.1, 0.15) is 47.5 Å². The summed E-state index contributed by atoms with van der Waals surface area (Å²) in [5, 5.41) is 0. The van der Waals surface area contributed by atoms with Gasteiger partial charge in [0.05, 0.1) is 0 Å². The van der Waals surface area contributed by atoms with E-state index in [0.29, 0.717) is 19.0 Å². The van der Waals surface area contributed by atoms with Crippen LogP contribution in [0.25, 0.3) is 0 Å². The van der Waals surface area contributed by atoms with E-state index in [4.69, 9.17) is 4.74 Å². The van der Waals surface area contributed by atoms with Gasteiger partial charge >= 0.3 is 6.09 Å². The molecule has 0 spiro atoms. The Bertz CT molecular complexity index is 422. The van der Waals surface area contributed by atoms with E-state index in [-0.39, 0.29) is 17.9 Å². The SMILES string of the molecule is CC1(C)CN(CC2CC2)C(=O)CN(C(=O)OC(C)(C)C)C1. The van der Waals surface area contributed by atoms with Gasteiger partial charge in [-0.1, -0.05) is 13.8 Å². The van der Waals surface area contributed by atoms with Crippen LogP contribution in [0.3, 0.4) is 0 Å². The Labute approximate surface area is 127 Å². The van der Waals surface area contributed by atoms with Crippen LogP contribution in [0.15, 0.2) is 0 Å². The molecule has 1 heterocycles. The zero-order valence-corrected chi connectivity index (χ0v) is 13.9. The molecule has 2 amide bonds. The minimum absolute atomic E-state index is 0.0401. The maximum absolute atomic E-state index is 12.4. The van der Waals surface area contributed by atoms with Crippen LogP contribution in [-0.2, 0) is 9.53 Å². The van der Waals surface area contributed by atoms with Crippen LogP contribution in [0.4, 0.5) is 4.79 Å². The van der Waals surface area contributed by atoms with Crippen molar-refractivity contribution < 1.29 is 14.3 Å². The number of carbonyl (C=O) groups excluding carboxylic acids is 2. The first-order chi connectivity index (χ1) is 9.56. The third kappa shape index (κ3) is 4.90. The summed E-state index contributed by atoms with van der Waals surface area (Å²) in [6, 6.07) is 0. The van der Waals surface area contributed by atoms with E-state index >= 15 is 0 Å². The van der Waals surface area contributed by atoms with Gasteiger partial charge in [-0.15, -0.1) is 0 Å². The van der Waals surface area contributed by atoms with Gasteiger partial charge in [-0.2, -0.15) is 0 Å². The minimum atomic E-state index is -0.537. The molecule has 21 heavy (non-hydrogen) atoms. The fourth-order valence-corrected chi connectivity index (χ4v) is 2.72. The standard InChI is InChI=1S/C16H28N2O3/c1-15(2,3)21-14(20)18-9-13(19)17(8-12-6-7-12)10-16(4,5)11-18/h12H,6-11H2,1-5H3. The Hall–Kier alpha value is -1.26. The van der Waals surface area contributed by atoms with Crippen molar-refractivity contribution >= 4 is 12.0 Å². The van der Waals surface area contributed by atoms with E-state index in [2.05, 4.69) is 13.8 Å². The Morgan fingerprint density at radius 2 is 1.90 bits per heavy atom. The van der Waals surface area contributed by atoms with Crippen LogP contribution >= 0.6 is 0 Å². The minimum Gasteiger partial charge on any atom is -0.444 e. The number of carbonyl (C=O) groups is 2. The molecule has 120 valence electrons. The van der Waals surface area contributed by atoms with E-state index in [0.717, 1.165) is 6.54 Å². The lowest BCUT2D eigenvalue weighted by Gasteiger charge is -2.31. The zero-order chi connectivity index (χ0) is 15.8. The molecular formula is C16H28N2O3. The third-order valence-corrected chi connectivity index (χ3v) is 3.74. The van der Waals surface area contributed by atoms with Gasteiger partial charge in [0, 0.05) is 25.0 Å². The van der Waals surface area contributed by atoms with E-state index in [1.165, 1.54) is 12.8 Å². The topological polar surface area (TPSA) is 49.9 Å². The molecule has 5 nitrogen and oxygen atoms in total. The average Bonchev–Trinajstić information content (AvgIpc) is 3.07. The average molecular weight is 296 g/mol. The Morgan fingerprint density at radius 3 is 2.43 bits per heavy atom. The van der Waals surface area contributed by atoms with Crippen molar-refractivity contribution in [3.8, 4) is 0 Å². The molecule has 1 saturated carbocycles. The van der Waals surface area contributed by atoms with Gasteiger partial charge in [-0.25, -0.2) is 4.79 Å². The molecule has 0 N–H and O–H groups in total. The highest BCUT2D eigenvalue weighted by Gasteiger charge is 2.38. The summed E-state index contributed by atoms with van der Waals surface area (Å²) in [4.78, 5) is 28.2. The molecule has 0 aromatic rings. The molecule has 5 heteroatoms. The molecule has 1 aliphatic heterocycles. The van der Waals surface area contributed by atoms with Crippen molar-refractivity contribution in [2.45, 2.75) is 53.1 Å². The lowest BCUT2D eigenvalue weighted by Crippen LogP contribution is -2.42. The third-order valence-electron chi connectivity index (χ3n) is 3.74. The molecule has 2 aliphatic rings. The van der Waals surface area contributed by atoms with Crippen LogP contribution in [-0.4, -0.2) is 53.6 Å². The van der Waals surface area contributed by atoms with E-state index in [1.807, 2.05) is 25.7 Å². The summed E-state index contributed by atoms with van der Waals surface area (Å²) in [6.07, 6.45) is 2.05. The van der Waals surface area contributed by atoms with Gasteiger partial charge in [0.15, 0.2) is 0 Å². The molecule has 2 fully saturated rings. The molecule has 1 aliphatic carbocycles. The molecule has 0 unspecified atom stereocenters. The molecule has 1 saturated heterocycles. The van der Waals surface area contributed by atoms with Gasteiger partial charge in [0.25, 0.3) is 0 Å². The Morgan fingerprint density at radius 1 is 1.29 bits per heavy atom. The summed E-state index contributed by atoms with van der Waals surface area (Å²) >= 11 is 0. The van der Waals surface area contributed by atoms with Crippen LogP contribution in [0, 0.1) is 11.3 Å². The quantitative estimate of drug-likeness (QED) is 0.786. The fraction of sp³-hybridized carbons (Fsp3) is 0.875. The number of amides is 2. The zero-order valence-electron chi connectivity index (χ0n) is 13.9. The summed E-state index contributed by atoms with van der Waals surface area (Å²) < 4.78 is 5.42. The van der Waals surface area contributed by atoms with Crippen molar-refractivity contribution in [1.82, 2.24) is 9.80 Å². The van der Waals surface area contributed by atoms with Crippen molar-refractivity contribution in [2.24, 2.45) is 11.3 Å². The van der Waals surface area contributed by atoms with Crippen LogP contribution in [0.2, 0.25) is 0 Å². The number of nitrogens with zero attached hydrogens (tertiary/aromatic N) is 2. The summed E-state index contributed by atoms with van der Waals surface area (Å²) in [6.45, 7) is 12.0. The van der Waals surface area contributed by atoms with E-state index in [1.54, 1.807) is 4.90 Å². The normalized spacial score (nSPS) is 23.0. The van der Waals surface area contributed by atoms with Crippen molar-refractivity contribution in [3.63, 3.8) is 0 Å². The summed E-state index contributed by atoms with van der Waals surface area (Å²) in [5.41, 5.74) is -0.651. The predicted molar refractivity (Wildman–Crippen MR) is 80.9 cm³/mol. The monoisotopic (exact) mass is 296 g/mol.